The van der Waals surface area contributed by atoms with Crippen LogP contribution in [0.4, 0.5) is 0 Å². The molecule has 0 radical (unpaired) electrons. The highest BCUT2D eigenvalue weighted by molar-refractivity contribution is 14.0. The van der Waals surface area contributed by atoms with E-state index in [-0.39, 0.29) is 30.5 Å². The first-order valence-electron chi connectivity index (χ1n) is 10.5. The lowest BCUT2D eigenvalue weighted by Gasteiger charge is -2.23. The van der Waals surface area contributed by atoms with E-state index in [1.54, 1.807) is 25.3 Å². The van der Waals surface area contributed by atoms with E-state index in [9.17, 15) is 5.11 Å². The molecule has 2 aromatic heterocycles. The van der Waals surface area contributed by atoms with Gasteiger partial charge in [0.15, 0.2) is 5.96 Å². The Hall–Kier alpha value is -1.81. The van der Waals surface area contributed by atoms with Crippen LogP contribution in [0.2, 0.25) is 0 Å². The molecule has 166 valence electrons. The quantitative estimate of drug-likeness (QED) is 0.273. The maximum Gasteiger partial charge on any atom is 0.213 e. The van der Waals surface area contributed by atoms with E-state index in [4.69, 9.17) is 9.15 Å². The van der Waals surface area contributed by atoms with Crippen molar-refractivity contribution >= 4 is 29.9 Å². The van der Waals surface area contributed by atoms with Crippen LogP contribution < -0.4 is 15.4 Å². The van der Waals surface area contributed by atoms with Gasteiger partial charge in [0.25, 0.3) is 0 Å². The molecule has 0 amide bonds. The number of guanidine groups is 1. The monoisotopic (exact) mass is 528 g/mol. The van der Waals surface area contributed by atoms with Crippen molar-refractivity contribution in [2.24, 2.45) is 4.99 Å². The van der Waals surface area contributed by atoms with Gasteiger partial charge in [0, 0.05) is 18.8 Å². The molecule has 2 heterocycles. The molecule has 0 bridgehead atoms. The molecule has 7 nitrogen and oxygen atoms in total. The van der Waals surface area contributed by atoms with Crippen LogP contribution in [-0.4, -0.2) is 35.2 Å². The van der Waals surface area contributed by atoms with Gasteiger partial charge >= 0.3 is 0 Å². The largest absolute Gasteiger partial charge is 0.474 e. The van der Waals surface area contributed by atoms with Crippen molar-refractivity contribution in [3.8, 4) is 5.88 Å². The minimum Gasteiger partial charge on any atom is -0.474 e. The smallest absolute Gasteiger partial charge is 0.213 e. The van der Waals surface area contributed by atoms with Gasteiger partial charge in [-0.05, 0) is 57.2 Å². The number of halogens is 1. The topological polar surface area (TPSA) is 91.9 Å². The molecular weight excluding hydrogens is 495 g/mol. The van der Waals surface area contributed by atoms with Crippen molar-refractivity contribution in [2.45, 2.75) is 64.2 Å². The third-order valence-corrected chi connectivity index (χ3v) is 5.05. The van der Waals surface area contributed by atoms with Crippen molar-refractivity contribution < 1.29 is 14.3 Å². The molecule has 1 unspecified atom stereocenters. The van der Waals surface area contributed by atoms with Crippen LogP contribution in [0.15, 0.2) is 46.1 Å². The molecule has 3 N–H and O–H groups in total. The molecule has 1 fully saturated rings. The van der Waals surface area contributed by atoms with Crippen LogP contribution in [0.5, 0.6) is 5.88 Å². The number of nitrogens with one attached hydrogen (secondary N) is 2. The van der Waals surface area contributed by atoms with E-state index >= 15 is 0 Å². The highest BCUT2D eigenvalue weighted by Crippen LogP contribution is 2.22. The minimum absolute atomic E-state index is 0. The van der Waals surface area contributed by atoms with E-state index in [0.717, 1.165) is 24.9 Å². The van der Waals surface area contributed by atoms with Crippen molar-refractivity contribution in [3.05, 3.63) is 48.0 Å². The average molecular weight is 528 g/mol. The molecule has 1 aliphatic rings. The Morgan fingerprint density at radius 3 is 2.70 bits per heavy atom. The first-order valence-corrected chi connectivity index (χ1v) is 10.5. The second kappa shape index (κ2) is 12.1. The summed E-state index contributed by atoms with van der Waals surface area (Å²) in [7, 11) is 0. The molecule has 8 heteroatoms. The SMILES string of the molecule is CCNC(=NCc1ccc(OC2CCCCC2)nc1)NCC(C)(O)c1ccco1.I. The second-order valence-corrected chi connectivity index (χ2v) is 7.68. The van der Waals surface area contributed by atoms with Crippen LogP contribution in [0.1, 0.15) is 57.3 Å². The Bertz CT molecular complexity index is 757. The van der Waals surface area contributed by atoms with Gasteiger partial charge in [0.05, 0.1) is 19.4 Å². The summed E-state index contributed by atoms with van der Waals surface area (Å²) in [6.45, 7) is 5.19. The zero-order valence-corrected chi connectivity index (χ0v) is 20.1. The summed E-state index contributed by atoms with van der Waals surface area (Å²) in [4.78, 5) is 9.02. The van der Waals surface area contributed by atoms with Crippen LogP contribution in [0.3, 0.4) is 0 Å². The molecule has 1 atom stereocenters. The number of aliphatic hydroxyl groups is 1. The first kappa shape index (κ1) is 24.5. The lowest BCUT2D eigenvalue weighted by atomic mass is 9.98. The lowest BCUT2D eigenvalue weighted by Crippen LogP contribution is -2.44. The zero-order valence-electron chi connectivity index (χ0n) is 17.8. The van der Waals surface area contributed by atoms with Crippen molar-refractivity contribution in [2.75, 3.05) is 13.1 Å². The molecular formula is C22H33IN4O3. The van der Waals surface area contributed by atoms with E-state index in [1.165, 1.54) is 19.3 Å². The van der Waals surface area contributed by atoms with E-state index in [1.807, 2.05) is 25.3 Å². The summed E-state index contributed by atoms with van der Waals surface area (Å²) in [5, 5.41) is 16.9. The predicted molar refractivity (Wildman–Crippen MR) is 128 cm³/mol. The average Bonchev–Trinajstić information content (AvgIpc) is 3.28. The summed E-state index contributed by atoms with van der Waals surface area (Å²) < 4.78 is 11.3. The van der Waals surface area contributed by atoms with Crippen molar-refractivity contribution in [1.82, 2.24) is 15.6 Å². The number of hydrogen-bond donors (Lipinski definition) is 3. The highest BCUT2D eigenvalue weighted by Gasteiger charge is 2.26. The van der Waals surface area contributed by atoms with Crippen LogP contribution in [-0.2, 0) is 12.1 Å². The van der Waals surface area contributed by atoms with Gasteiger partial charge in [-0.3, -0.25) is 0 Å². The fourth-order valence-corrected chi connectivity index (χ4v) is 3.37. The number of aromatic nitrogens is 1. The second-order valence-electron chi connectivity index (χ2n) is 7.68. The third kappa shape index (κ3) is 7.46. The number of ether oxygens (including phenoxy) is 1. The van der Waals surface area contributed by atoms with Gasteiger partial charge in [0.1, 0.15) is 17.5 Å². The maximum absolute atomic E-state index is 10.6. The summed E-state index contributed by atoms with van der Waals surface area (Å²) in [6, 6.07) is 7.44. The van der Waals surface area contributed by atoms with Gasteiger partial charge in [0.2, 0.25) is 5.88 Å². The van der Waals surface area contributed by atoms with E-state index in [2.05, 4.69) is 20.6 Å². The molecule has 3 rings (SSSR count). The predicted octanol–water partition coefficient (Wildman–Crippen LogP) is 3.97. The summed E-state index contributed by atoms with van der Waals surface area (Å²) in [5.41, 5.74) is -0.129. The van der Waals surface area contributed by atoms with E-state index in [0.29, 0.717) is 30.2 Å². The number of pyridine rings is 1. The third-order valence-electron chi connectivity index (χ3n) is 5.05. The van der Waals surface area contributed by atoms with Gasteiger partial charge in [-0.1, -0.05) is 12.5 Å². The molecule has 30 heavy (non-hydrogen) atoms. The van der Waals surface area contributed by atoms with Gasteiger partial charge in [-0.2, -0.15) is 0 Å². The minimum atomic E-state index is -1.13. The summed E-state index contributed by atoms with van der Waals surface area (Å²) in [5.74, 6) is 1.82. The number of hydrogen-bond acceptors (Lipinski definition) is 5. The Morgan fingerprint density at radius 2 is 2.07 bits per heavy atom. The number of rotatable bonds is 8. The first-order chi connectivity index (χ1) is 14.1. The highest BCUT2D eigenvalue weighted by atomic mass is 127. The summed E-state index contributed by atoms with van der Waals surface area (Å²) >= 11 is 0. The normalized spacial score (nSPS) is 17.0. The molecule has 0 spiro atoms. The molecule has 0 saturated heterocycles. The van der Waals surface area contributed by atoms with Gasteiger partial charge in [-0.25, -0.2) is 9.98 Å². The number of nitrogens with zero attached hydrogens (tertiary/aromatic N) is 2. The lowest BCUT2D eigenvalue weighted by molar-refractivity contribution is 0.0386. The fourth-order valence-electron chi connectivity index (χ4n) is 3.37. The number of aliphatic imine (C=N–C) groups is 1. The Morgan fingerprint density at radius 1 is 1.27 bits per heavy atom. The van der Waals surface area contributed by atoms with Crippen LogP contribution >= 0.6 is 24.0 Å². The maximum atomic E-state index is 10.6. The molecule has 1 saturated carbocycles. The van der Waals surface area contributed by atoms with Gasteiger partial charge < -0.3 is 24.9 Å². The Kier molecular flexibility index (Phi) is 9.90. The molecule has 0 aromatic carbocycles. The van der Waals surface area contributed by atoms with Crippen LogP contribution in [0, 0.1) is 0 Å². The zero-order chi connectivity index (χ0) is 20.5. The Labute approximate surface area is 195 Å². The van der Waals surface area contributed by atoms with E-state index < -0.39 is 5.60 Å². The fraction of sp³-hybridized carbons (Fsp3) is 0.545. The number of furan rings is 1. The molecule has 1 aliphatic carbocycles. The van der Waals surface area contributed by atoms with Crippen LogP contribution in [0.25, 0.3) is 0 Å². The van der Waals surface area contributed by atoms with Crippen molar-refractivity contribution in [3.63, 3.8) is 0 Å². The Balaban J connectivity index is 0.00000320. The van der Waals surface area contributed by atoms with Gasteiger partial charge in [-0.15, -0.1) is 24.0 Å². The molecule has 0 aliphatic heterocycles. The van der Waals surface area contributed by atoms with Crippen molar-refractivity contribution in [1.29, 1.82) is 0 Å². The molecule has 2 aromatic rings. The summed E-state index contributed by atoms with van der Waals surface area (Å²) in [6.07, 6.45) is 9.69. The standard InChI is InChI=1S/C22H32N4O3.HI/c1-3-23-21(26-16-22(2,27)19-10-7-13-28-19)25-15-17-11-12-20(24-14-17)29-18-8-5-4-6-9-18;/h7,10-14,18,27H,3-6,8-9,15-16H2,1-2H3,(H2,23,25,26);1H.